The largest absolute Gasteiger partial charge is 0.354 e. The summed E-state index contributed by atoms with van der Waals surface area (Å²) >= 11 is 1.86. The number of anilines is 1. The van der Waals surface area contributed by atoms with E-state index in [1.807, 2.05) is 23.0 Å². The second-order valence-electron chi connectivity index (χ2n) is 8.50. The van der Waals surface area contributed by atoms with Crippen LogP contribution >= 0.6 is 11.9 Å². The number of fused-ring (bicyclic) bond motifs is 1. The van der Waals surface area contributed by atoms with E-state index in [1.54, 1.807) is 6.20 Å². The SMILES string of the molecule is Cc1cc(SN2CCn3nccc3C2)c(C)n1C.O=CNCc1cncnc1N1CCC(F)C1. The van der Waals surface area contributed by atoms with E-state index in [9.17, 15) is 9.18 Å². The van der Waals surface area contributed by atoms with Crippen LogP contribution in [0.1, 0.15) is 29.1 Å². The Morgan fingerprint density at radius 1 is 1.29 bits per heavy atom. The monoisotopic (exact) mass is 486 g/mol. The van der Waals surface area contributed by atoms with E-state index < -0.39 is 6.17 Å². The number of hydrogen-bond acceptors (Lipinski definition) is 7. The number of nitrogens with one attached hydrogen (secondary N) is 1. The van der Waals surface area contributed by atoms with Crippen molar-refractivity contribution in [2.75, 3.05) is 24.5 Å². The molecule has 11 heteroatoms. The van der Waals surface area contributed by atoms with Gasteiger partial charge in [-0.15, -0.1) is 0 Å². The van der Waals surface area contributed by atoms with Crippen LogP contribution in [-0.4, -0.2) is 60.8 Å². The average Bonchev–Trinajstić information content (AvgIpc) is 3.55. The quantitative estimate of drug-likeness (QED) is 0.424. The highest BCUT2D eigenvalue weighted by Gasteiger charge is 2.24. The molecule has 0 aliphatic carbocycles. The molecule has 0 radical (unpaired) electrons. The number of halogens is 1. The summed E-state index contributed by atoms with van der Waals surface area (Å²) in [6.07, 6.45) is 5.34. The Bertz CT molecular complexity index is 1120. The van der Waals surface area contributed by atoms with Gasteiger partial charge in [-0.25, -0.2) is 18.7 Å². The van der Waals surface area contributed by atoms with Crippen LogP contribution in [0.25, 0.3) is 0 Å². The molecule has 1 saturated heterocycles. The van der Waals surface area contributed by atoms with Gasteiger partial charge in [-0.3, -0.25) is 9.48 Å². The molecule has 0 bridgehead atoms. The number of hydrogen-bond donors (Lipinski definition) is 1. The highest BCUT2D eigenvalue weighted by atomic mass is 32.2. The zero-order valence-corrected chi connectivity index (χ0v) is 20.6. The lowest BCUT2D eigenvalue weighted by molar-refractivity contribution is -0.109. The Kier molecular flexibility index (Phi) is 7.84. The maximum Gasteiger partial charge on any atom is 0.207 e. The number of aryl methyl sites for hydroxylation is 1. The van der Waals surface area contributed by atoms with E-state index in [4.69, 9.17) is 0 Å². The standard InChI is InChI=1S/C13H18N4S.C10H13FN4O/c1-10-8-13(11(2)15(10)3)18-16-6-7-17-12(9-16)4-5-14-17;11-9-1-2-15(5-9)10-8(4-13-7-16)3-12-6-14-10/h4-5,8H,6-7,9H2,1-3H3;3,6-7,9H,1-2,4-5H2,(H,13,16). The number of carbonyl (C=O) groups excluding carboxylic acids is 1. The minimum absolute atomic E-state index is 0.366. The molecule has 1 amide bonds. The molecule has 2 aliphatic heterocycles. The van der Waals surface area contributed by atoms with E-state index in [0.29, 0.717) is 38.3 Å². The molecule has 0 aromatic carbocycles. The van der Waals surface area contributed by atoms with Gasteiger partial charge in [0.15, 0.2) is 0 Å². The van der Waals surface area contributed by atoms with Crippen molar-refractivity contribution in [1.29, 1.82) is 0 Å². The number of alkyl halides is 1. The number of amides is 1. The van der Waals surface area contributed by atoms with E-state index in [0.717, 1.165) is 25.2 Å². The van der Waals surface area contributed by atoms with Crippen molar-refractivity contribution in [3.8, 4) is 0 Å². The molecular formula is C23H31FN8OS. The molecule has 3 aromatic heterocycles. The predicted octanol–water partition coefficient (Wildman–Crippen LogP) is 2.63. The van der Waals surface area contributed by atoms with E-state index >= 15 is 0 Å². The van der Waals surface area contributed by atoms with Gasteiger partial charge < -0.3 is 14.8 Å². The van der Waals surface area contributed by atoms with Gasteiger partial charge in [-0.2, -0.15) is 5.10 Å². The fourth-order valence-electron chi connectivity index (χ4n) is 4.11. The van der Waals surface area contributed by atoms with Crippen LogP contribution in [0.5, 0.6) is 0 Å². The highest BCUT2D eigenvalue weighted by molar-refractivity contribution is 7.97. The van der Waals surface area contributed by atoms with Gasteiger partial charge in [0.2, 0.25) is 6.41 Å². The highest BCUT2D eigenvalue weighted by Crippen LogP contribution is 2.31. The lowest BCUT2D eigenvalue weighted by atomic mass is 10.3. The van der Waals surface area contributed by atoms with Crippen molar-refractivity contribution >= 4 is 24.2 Å². The maximum atomic E-state index is 13.1. The Hall–Kier alpha value is -2.92. The lowest BCUT2D eigenvalue weighted by Crippen LogP contribution is -2.28. The minimum Gasteiger partial charge on any atom is -0.354 e. The van der Waals surface area contributed by atoms with Crippen molar-refractivity contribution in [2.24, 2.45) is 7.05 Å². The lowest BCUT2D eigenvalue weighted by Gasteiger charge is -2.26. The first-order valence-corrected chi connectivity index (χ1v) is 12.1. The van der Waals surface area contributed by atoms with Gasteiger partial charge in [0.1, 0.15) is 18.3 Å². The molecular weight excluding hydrogens is 455 g/mol. The molecule has 3 aromatic rings. The van der Waals surface area contributed by atoms with E-state index in [1.165, 1.54) is 28.3 Å². The Morgan fingerprint density at radius 2 is 2.15 bits per heavy atom. The van der Waals surface area contributed by atoms with Crippen molar-refractivity contribution < 1.29 is 9.18 Å². The van der Waals surface area contributed by atoms with Crippen LogP contribution in [-0.2, 0) is 31.5 Å². The minimum atomic E-state index is -0.790. The smallest absolute Gasteiger partial charge is 0.207 e. The second-order valence-corrected chi connectivity index (χ2v) is 9.64. The normalized spacial score (nSPS) is 17.8. The summed E-state index contributed by atoms with van der Waals surface area (Å²) in [6, 6.07) is 4.38. The summed E-state index contributed by atoms with van der Waals surface area (Å²) in [4.78, 5) is 21.5. The van der Waals surface area contributed by atoms with Crippen molar-refractivity contribution in [1.82, 2.24) is 33.9 Å². The molecule has 1 atom stereocenters. The van der Waals surface area contributed by atoms with Crippen LogP contribution in [0.4, 0.5) is 10.2 Å². The fraction of sp³-hybridized carbons (Fsp3) is 0.478. The van der Waals surface area contributed by atoms with Gasteiger partial charge in [-0.1, -0.05) is 0 Å². The zero-order chi connectivity index (χ0) is 24.1. The van der Waals surface area contributed by atoms with Crippen LogP contribution in [0.3, 0.4) is 0 Å². The maximum absolute atomic E-state index is 13.1. The summed E-state index contributed by atoms with van der Waals surface area (Å²) in [7, 11) is 2.13. The van der Waals surface area contributed by atoms with E-state index in [-0.39, 0.29) is 0 Å². The third-order valence-electron chi connectivity index (χ3n) is 6.23. The van der Waals surface area contributed by atoms with Gasteiger partial charge in [0.25, 0.3) is 0 Å². The number of nitrogens with zero attached hydrogens (tertiary/aromatic N) is 7. The molecule has 2 aliphatic rings. The third kappa shape index (κ3) is 5.58. The third-order valence-corrected chi connectivity index (χ3v) is 7.41. The first-order chi connectivity index (χ1) is 16.5. The summed E-state index contributed by atoms with van der Waals surface area (Å²) in [5.74, 6) is 0.712. The summed E-state index contributed by atoms with van der Waals surface area (Å²) in [5.41, 5.74) is 4.77. The average molecular weight is 487 g/mol. The van der Waals surface area contributed by atoms with Crippen LogP contribution in [0, 0.1) is 13.8 Å². The van der Waals surface area contributed by atoms with E-state index in [2.05, 4.69) is 67.0 Å². The topological polar surface area (TPSA) is 84.1 Å². The van der Waals surface area contributed by atoms with Crippen molar-refractivity contribution in [3.63, 3.8) is 0 Å². The number of aromatic nitrogens is 5. The van der Waals surface area contributed by atoms with Crippen LogP contribution in [0.2, 0.25) is 0 Å². The molecule has 5 rings (SSSR count). The molecule has 9 nitrogen and oxygen atoms in total. The van der Waals surface area contributed by atoms with Crippen LogP contribution < -0.4 is 10.2 Å². The molecule has 0 spiro atoms. The Balaban J connectivity index is 0.000000162. The first kappa shape index (κ1) is 24.2. The molecule has 182 valence electrons. The fourth-order valence-corrected chi connectivity index (χ4v) is 5.26. The first-order valence-electron chi connectivity index (χ1n) is 11.4. The van der Waals surface area contributed by atoms with Crippen LogP contribution in [0.15, 0.2) is 35.7 Å². The zero-order valence-electron chi connectivity index (χ0n) is 19.8. The Morgan fingerprint density at radius 3 is 2.85 bits per heavy atom. The molecule has 5 heterocycles. The molecule has 34 heavy (non-hydrogen) atoms. The van der Waals surface area contributed by atoms with Gasteiger partial charge in [0, 0.05) is 60.9 Å². The molecule has 0 saturated carbocycles. The van der Waals surface area contributed by atoms with Gasteiger partial charge in [0.05, 0.1) is 25.3 Å². The molecule has 1 unspecified atom stereocenters. The van der Waals surface area contributed by atoms with Crippen molar-refractivity contribution in [3.05, 3.63) is 53.5 Å². The predicted molar refractivity (Wildman–Crippen MR) is 130 cm³/mol. The van der Waals surface area contributed by atoms with Crippen molar-refractivity contribution in [2.45, 2.75) is 51.0 Å². The summed E-state index contributed by atoms with van der Waals surface area (Å²) in [6.45, 7) is 8.74. The summed E-state index contributed by atoms with van der Waals surface area (Å²) < 4.78 is 19.8. The number of carbonyl (C=O) groups is 1. The number of rotatable bonds is 6. The molecule has 1 N–H and O–H groups in total. The van der Waals surface area contributed by atoms with Gasteiger partial charge in [-0.05, 0) is 44.3 Å². The second kappa shape index (κ2) is 11.0. The summed E-state index contributed by atoms with van der Waals surface area (Å²) in [5, 5.41) is 6.87. The Labute approximate surface area is 203 Å². The molecule has 1 fully saturated rings. The van der Waals surface area contributed by atoms with Gasteiger partial charge >= 0.3 is 0 Å².